The van der Waals surface area contributed by atoms with Crippen LogP contribution in [0.25, 0.3) is 0 Å². The monoisotopic (exact) mass is 430 g/mol. The minimum Gasteiger partial charge on any atom is -0.494 e. The SMILES string of the molecule is CN/C(O)=C(\C(=N)C1CC1)C(=O)c1ccc(Cl)c(S(=O)(=O)CC2CC2)c1Cl. The van der Waals surface area contributed by atoms with Crippen molar-refractivity contribution in [2.75, 3.05) is 12.8 Å². The van der Waals surface area contributed by atoms with Gasteiger partial charge < -0.3 is 15.8 Å². The average Bonchev–Trinajstić information content (AvgIpc) is 3.48. The Balaban J connectivity index is 2.07. The lowest BCUT2D eigenvalue weighted by Gasteiger charge is -2.15. The van der Waals surface area contributed by atoms with Crippen LogP contribution in [0, 0.1) is 17.2 Å². The molecule has 1 aromatic carbocycles. The number of nitrogens with one attached hydrogen (secondary N) is 2. The Hall–Kier alpha value is -1.57. The Kier molecular flexibility index (Phi) is 5.57. The van der Waals surface area contributed by atoms with E-state index in [1.165, 1.54) is 19.2 Å². The standard InChI is InChI=1S/C18H20Cl2N2O4S/c1-22-18(24)13(15(21)10-4-5-10)16(23)11-6-7-12(19)17(14(11)20)27(25,26)8-9-2-3-9/h6-7,9-10,21-22,24H,2-5,8H2,1H3/b18-13-,21-15?. The average molecular weight is 431 g/mol. The van der Waals surface area contributed by atoms with Crippen LogP contribution in [-0.2, 0) is 9.84 Å². The summed E-state index contributed by atoms with van der Waals surface area (Å²) in [7, 11) is -2.33. The van der Waals surface area contributed by atoms with Gasteiger partial charge in [-0.05, 0) is 43.7 Å². The first-order valence-electron chi connectivity index (χ1n) is 8.62. The molecule has 1 aromatic rings. The number of ketones is 1. The van der Waals surface area contributed by atoms with Gasteiger partial charge in [0.05, 0.1) is 21.5 Å². The number of sulfone groups is 1. The number of hydrogen-bond donors (Lipinski definition) is 3. The maximum absolute atomic E-state index is 13.0. The molecule has 2 aliphatic rings. The van der Waals surface area contributed by atoms with Gasteiger partial charge in [-0.3, -0.25) is 4.79 Å². The molecule has 146 valence electrons. The summed E-state index contributed by atoms with van der Waals surface area (Å²) < 4.78 is 25.4. The second-order valence-electron chi connectivity index (χ2n) is 6.95. The van der Waals surface area contributed by atoms with Crippen LogP contribution >= 0.6 is 23.2 Å². The molecule has 9 heteroatoms. The summed E-state index contributed by atoms with van der Waals surface area (Å²) in [6.07, 6.45) is 3.22. The largest absolute Gasteiger partial charge is 0.494 e. The lowest BCUT2D eigenvalue weighted by molar-refractivity contribution is 0.103. The molecule has 2 saturated carbocycles. The third kappa shape index (κ3) is 4.15. The smallest absolute Gasteiger partial charge is 0.201 e. The zero-order chi connectivity index (χ0) is 19.9. The van der Waals surface area contributed by atoms with E-state index < -0.39 is 21.5 Å². The van der Waals surface area contributed by atoms with E-state index >= 15 is 0 Å². The van der Waals surface area contributed by atoms with E-state index in [0.717, 1.165) is 25.7 Å². The van der Waals surface area contributed by atoms with Crippen LogP contribution in [0.2, 0.25) is 10.0 Å². The van der Waals surface area contributed by atoms with Crippen molar-refractivity contribution in [2.45, 2.75) is 30.6 Å². The molecule has 0 radical (unpaired) electrons. The molecule has 0 amide bonds. The zero-order valence-electron chi connectivity index (χ0n) is 14.7. The van der Waals surface area contributed by atoms with E-state index in [9.17, 15) is 18.3 Å². The van der Waals surface area contributed by atoms with Crippen LogP contribution in [0.4, 0.5) is 0 Å². The van der Waals surface area contributed by atoms with Gasteiger partial charge in [-0.2, -0.15) is 0 Å². The topological polar surface area (TPSA) is 107 Å². The van der Waals surface area contributed by atoms with Crippen LogP contribution < -0.4 is 5.32 Å². The quantitative estimate of drug-likeness (QED) is 0.251. The summed E-state index contributed by atoms with van der Waals surface area (Å²) in [5.41, 5.74) is -0.285. The molecule has 0 heterocycles. The molecule has 0 unspecified atom stereocenters. The summed E-state index contributed by atoms with van der Waals surface area (Å²) in [6.45, 7) is 0. The number of aliphatic hydroxyl groups excluding tert-OH is 1. The van der Waals surface area contributed by atoms with Crippen molar-refractivity contribution in [3.05, 3.63) is 39.2 Å². The zero-order valence-corrected chi connectivity index (χ0v) is 17.0. The molecular weight excluding hydrogens is 411 g/mol. The third-order valence-corrected chi connectivity index (χ3v) is 7.60. The molecule has 6 nitrogen and oxygen atoms in total. The van der Waals surface area contributed by atoms with Crippen molar-refractivity contribution in [3.63, 3.8) is 0 Å². The summed E-state index contributed by atoms with van der Waals surface area (Å²) in [6, 6.07) is 2.64. The predicted molar refractivity (Wildman–Crippen MR) is 105 cm³/mol. The van der Waals surface area contributed by atoms with E-state index in [1.54, 1.807) is 0 Å². The van der Waals surface area contributed by atoms with Crippen LogP contribution in [0.5, 0.6) is 0 Å². The number of rotatable bonds is 8. The van der Waals surface area contributed by atoms with Crippen LogP contribution in [0.3, 0.4) is 0 Å². The molecule has 0 aromatic heterocycles. The Morgan fingerprint density at radius 2 is 1.89 bits per heavy atom. The van der Waals surface area contributed by atoms with Crippen LogP contribution in [0.1, 0.15) is 36.0 Å². The second kappa shape index (κ2) is 7.45. The lowest BCUT2D eigenvalue weighted by atomic mass is 9.97. The van der Waals surface area contributed by atoms with Gasteiger partial charge in [0.25, 0.3) is 0 Å². The van der Waals surface area contributed by atoms with Crippen molar-refractivity contribution < 1.29 is 18.3 Å². The minimum absolute atomic E-state index is 0.0141. The number of carbonyl (C=O) groups is 1. The molecule has 0 spiro atoms. The van der Waals surface area contributed by atoms with Crippen molar-refractivity contribution in [1.29, 1.82) is 5.41 Å². The van der Waals surface area contributed by atoms with Crippen LogP contribution in [0.15, 0.2) is 28.5 Å². The van der Waals surface area contributed by atoms with Gasteiger partial charge in [0.2, 0.25) is 5.78 Å². The summed E-state index contributed by atoms with van der Waals surface area (Å²) in [4.78, 5) is 12.8. The Morgan fingerprint density at radius 3 is 2.41 bits per heavy atom. The number of benzene rings is 1. The first-order valence-corrected chi connectivity index (χ1v) is 11.0. The fraction of sp³-hybridized carbons (Fsp3) is 0.444. The van der Waals surface area contributed by atoms with Gasteiger partial charge in [0.15, 0.2) is 15.7 Å². The second-order valence-corrected chi connectivity index (χ2v) is 9.71. The van der Waals surface area contributed by atoms with Crippen molar-refractivity contribution >= 4 is 44.5 Å². The summed E-state index contributed by atoms with van der Waals surface area (Å²) >= 11 is 12.4. The van der Waals surface area contributed by atoms with Gasteiger partial charge in [0, 0.05) is 18.5 Å². The Bertz CT molecular complexity index is 948. The van der Waals surface area contributed by atoms with E-state index in [0.29, 0.717) is 0 Å². The molecule has 2 fully saturated rings. The number of halogens is 2. The lowest BCUT2D eigenvalue weighted by Crippen LogP contribution is -2.22. The van der Waals surface area contributed by atoms with E-state index in [4.69, 9.17) is 28.6 Å². The van der Waals surface area contributed by atoms with E-state index in [2.05, 4.69) is 5.32 Å². The maximum Gasteiger partial charge on any atom is 0.201 e. The van der Waals surface area contributed by atoms with Gasteiger partial charge in [-0.25, -0.2) is 8.42 Å². The van der Waals surface area contributed by atoms with Gasteiger partial charge >= 0.3 is 0 Å². The molecule has 0 saturated heterocycles. The highest BCUT2D eigenvalue weighted by atomic mass is 35.5. The molecular formula is C18H20Cl2N2O4S. The minimum atomic E-state index is -3.75. The number of hydrogen-bond acceptors (Lipinski definition) is 6. The normalized spacial score (nSPS) is 18.0. The first kappa shape index (κ1) is 20.2. The molecule has 2 aliphatic carbocycles. The summed E-state index contributed by atoms with van der Waals surface area (Å²) in [5.74, 6) is -1.21. The number of aliphatic hydroxyl groups is 1. The van der Waals surface area contributed by atoms with Crippen LogP contribution in [-0.4, -0.2) is 37.8 Å². The fourth-order valence-electron chi connectivity index (χ4n) is 2.86. The van der Waals surface area contributed by atoms with Gasteiger partial charge in [-0.1, -0.05) is 23.2 Å². The van der Waals surface area contributed by atoms with Gasteiger partial charge in [0.1, 0.15) is 10.5 Å². The van der Waals surface area contributed by atoms with Crippen molar-refractivity contribution in [3.8, 4) is 0 Å². The van der Waals surface area contributed by atoms with Gasteiger partial charge in [-0.15, -0.1) is 0 Å². The fourth-order valence-corrected chi connectivity index (χ4v) is 5.89. The molecule has 3 N–H and O–H groups in total. The molecule has 3 rings (SSSR count). The van der Waals surface area contributed by atoms with E-state index in [1.807, 2.05) is 0 Å². The van der Waals surface area contributed by atoms with Crippen molar-refractivity contribution in [1.82, 2.24) is 5.32 Å². The Labute approximate surface area is 168 Å². The highest BCUT2D eigenvalue weighted by Crippen LogP contribution is 2.39. The first-order chi connectivity index (χ1) is 12.7. The number of carbonyl (C=O) groups excluding carboxylic acids is 1. The molecule has 0 bridgehead atoms. The maximum atomic E-state index is 13.0. The number of allylic oxidation sites excluding steroid dienone is 1. The summed E-state index contributed by atoms with van der Waals surface area (Å²) in [5, 5.41) is 20.5. The molecule has 27 heavy (non-hydrogen) atoms. The number of Topliss-reactive ketones (excluding diaryl/α,β-unsaturated/α-hetero) is 1. The predicted octanol–water partition coefficient (Wildman–Crippen LogP) is 3.78. The highest BCUT2D eigenvalue weighted by Gasteiger charge is 2.36. The Morgan fingerprint density at radius 1 is 1.26 bits per heavy atom. The highest BCUT2D eigenvalue weighted by molar-refractivity contribution is 7.91. The van der Waals surface area contributed by atoms with Crippen molar-refractivity contribution in [2.24, 2.45) is 11.8 Å². The third-order valence-electron chi connectivity index (χ3n) is 4.71. The molecule has 0 aliphatic heterocycles. The van der Waals surface area contributed by atoms with E-state index in [-0.39, 0.29) is 49.4 Å². The molecule has 0 atom stereocenters.